The molecule has 0 atom stereocenters. The van der Waals surface area contributed by atoms with Crippen molar-refractivity contribution in [3.63, 3.8) is 0 Å². The van der Waals surface area contributed by atoms with Crippen LogP contribution >= 0.6 is 0 Å². The van der Waals surface area contributed by atoms with E-state index >= 15 is 0 Å². The van der Waals surface area contributed by atoms with Crippen LogP contribution in [0.25, 0.3) is 0 Å². The zero-order valence-corrected chi connectivity index (χ0v) is 10.0. The molecule has 2 aromatic carbocycles. The van der Waals surface area contributed by atoms with E-state index in [9.17, 15) is 4.79 Å². The predicted molar refractivity (Wildman–Crippen MR) is 71.8 cm³/mol. The van der Waals surface area contributed by atoms with Gasteiger partial charge in [0.05, 0.1) is 18.5 Å². The Morgan fingerprint density at radius 1 is 1.17 bits per heavy atom. The normalized spacial score (nSPS) is 9.83. The standard InChI is InChI=1S/C14H14N2O2/c1-18-11-6-4-5-10(9-11)14(17)16-13-8-3-2-7-12(13)15/h2-9H,15H2,1H3,(H,16,17). The maximum absolute atomic E-state index is 12.0. The van der Waals surface area contributed by atoms with Crippen LogP contribution < -0.4 is 15.8 Å². The van der Waals surface area contributed by atoms with Crippen molar-refractivity contribution in [3.05, 3.63) is 54.1 Å². The summed E-state index contributed by atoms with van der Waals surface area (Å²) in [4.78, 5) is 12.0. The molecule has 0 radical (unpaired) electrons. The largest absolute Gasteiger partial charge is 0.497 e. The molecule has 0 fully saturated rings. The Balaban J connectivity index is 2.19. The zero-order chi connectivity index (χ0) is 13.0. The molecule has 0 bridgehead atoms. The molecule has 4 nitrogen and oxygen atoms in total. The molecule has 4 heteroatoms. The van der Waals surface area contributed by atoms with Gasteiger partial charge in [-0.05, 0) is 30.3 Å². The smallest absolute Gasteiger partial charge is 0.255 e. The summed E-state index contributed by atoms with van der Waals surface area (Å²) in [6.45, 7) is 0. The Hall–Kier alpha value is -2.49. The Morgan fingerprint density at radius 2 is 1.94 bits per heavy atom. The van der Waals surface area contributed by atoms with Crippen molar-refractivity contribution in [1.82, 2.24) is 0 Å². The van der Waals surface area contributed by atoms with Crippen molar-refractivity contribution in [3.8, 4) is 5.75 Å². The Labute approximate surface area is 105 Å². The number of ether oxygens (including phenoxy) is 1. The maximum atomic E-state index is 12.0. The summed E-state index contributed by atoms with van der Waals surface area (Å²) in [5, 5.41) is 2.76. The molecule has 0 saturated heterocycles. The van der Waals surface area contributed by atoms with Crippen LogP contribution in [0.2, 0.25) is 0 Å². The second-order valence-electron chi connectivity index (χ2n) is 3.77. The number of para-hydroxylation sites is 2. The number of amides is 1. The van der Waals surface area contributed by atoms with Crippen LogP contribution in [0.4, 0.5) is 11.4 Å². The van der Waals surface area contributed by atoms with Gasteiger partial charge in [0.1, 0.15) is 5.75 Å². The number of carbonyl (C=O) groups excluding carboxylic acids is 1. The van der Waals surface area contributed by atoms with Crippen LogP contribution in [0.5, 0.6) is 5.75 Å². The van der Waals surface area contributed by atoms with E-state index in [-0.39, 0.29) is 5.91 Å². The van der Waals surface area contributed by atoms with Crippen molar-refractivity contribution >= 4 is 17.3 Å². The fourth-order valence-corrected chi connectivity index (χ4v) is 1.57. The van der Waals surface area contributed by atoms with Crippen LogP contribution in [0, 0.1) is 0 Å². The lowest BCUT2D eigenvalue weighted by molar-refractivity contribution is 0.102. The molecule has 3 N–H and O–H groups in total. The molecular weight excluding hydrogens is 228 g/mol. The number of hydrogen-bond donors (Lipinski definition) is 2. The molecule has 92 valence electrons. The number of nitrogen functional groups attached to an aromatic ring is 1. The van der Waals surface area contributed by atoms with Crippen LogP contribution in [0.1, 0.15) is 10.4 Å². The van der Waals surface area contributed by atoms with Gasteiger partial charge in [-0.1, -0.05) is 18.2 Å². The Kier molecular flexibility index (Phi) is 3.48. The summed E-state index contributed by atoms with van der Waals surface area (Å²) in [6.07, 6.45) is 0. The quantitative estimate of drug-likeness (QED) is 0.813. The zero-order valence-electron chi connectivity index (χ0n) is 10.0. The number of anilines is 2. The summed E-state index contributed by atoms with van der Waals surface area (Å²) < 4.78 is 5.07. The van der Waals surface area contributed by atoms with Crippen LogP contribution in [0.15, 0.2) is 48.5 Å². The summed E-state index contributed by atoms with van der Waals surface area (Å²) in [5.74, 6) is 0.426. The number of carbonyl (C=O) groups is 1. The molecule has 0 aliphatic rings. The summed E-state index contributed by atoms with van der Waals surface area (Å²) >= 11 is 0. The first-order chi connectivity index (χ1) is 8.70. The molecule has 18 heavy (non-hydrogen) atoms. The van der Waals surface area contributed by atoms with Crippen molar-refractivity contribution in [2.45, 2.75) is 0 Å². The van der Waals surface area contributed by atoms with Gasteiger partial charge in [0.25, 0.3) is 5.91 Å². The number of hydrogen-bond acceptors (Lipinski definition) is 3. The van der Waals surface area contributed by atoms with Crippen LogP contribution in [0.3, 0.4) is 0 Å². The van der Waals surface area contributed by atoms with Gasteiger partial charge in [0.15, 0.2) is 0 Å². The highest BCUT2D eigenvalue weighted by molar-refractivity contribution is 6.05. The van der Waals surface area contributed by atoms with Crippen molar-refractivity contribution in [2.24, 2.45) is 0 Å². The molecule has 2 rings (SSSR count). The van der Waals surface area contributed by atoms with E-state index in [1.54, 1.807) is 43.5 Å². The van der Waals surface area contributed by atoms with E-state index in [1.165, 1.54) is 0 Å². The third kappa shape index (κ3) is 2.60. The lowest BCUT2D eigenvalue weighted by atomic mass is 10.2. The van der Waals surface area contributed by atoms with Crippen molar-refractivity contribution < 1.29 is 9.53 Å². The molecule has 0 spiro atoms. The first-order valence-corrected chi connectivity index (χ1v) is 5.50. The lowest BCUT2D eigenvalue weighted by Gasteiger charge is -2.08. The van der Waals surface area contributed by atoms with Crippen molar-refractivity contribution in [2.75, 3.05) is 18.2 Å². The van der Waals surface area contributed by atoms with E-state index in [0.29, 0.717) is 22.7 Å². The molecule has 0 aromatic heterocycles. The number of methoxy groups -OCH3 is 1. The highest BCUT2D eigenvalue weighted by atomic mass is 16.5. The SMILES string of the molecule is COc1cccc(C(=O)Nc2ccccc2N)c1. The minimum atomic E-state index is -0.216. The summed E-state index contributed by atoms with van der Waals surface area (Å²) in [7, 11) is 1.56. The average Bonchev–Trinajstić information content (AvgIpc) is 2.41. The van der Waals surface area contributed by atoms with E-state index in [1.807, 2.05) is 12.1 Å². The van der Waals surface area contributed by atoms with Gasteiger partial charge >= 0.3 is 0 Å². The molecule has 0 heterocycles. The lowest BCUT2D eigenvalue weighted by Crippen LogP contribution is -2.13. The van der Waals surface area contributed by atoms with Crippen molar-refractivity contribution in [1.29, 1.82) is 0 Å². The average molecular weight is 242 g/mol. The van der Waals surface area contributed by atoms with E-state index in [2.05, 4.69) is 5.32 Å². The highest BCUT2D eigenvalue weighted by Gasteiger charge is 2.08. The van der Waals surface area contributed by atoms with Crippen LogP contribution in [-0.4, -0.2) is 13.0 Å². The number of rotatable bonds is 3. The minimum absolute atomic E-state index is 0.216. The molecule has 0 aliphatic heterocycles. The third-order valence-electron chi connectivity index (χ3n) is 2.54. The van der Waals surface area contributed by atoms with Gasteiger partial charge in [0, 0.05) is 5.56 Å². The fraction of sp³-hybridized carbons (Fsp3) is 0.0714. The van der Waals surface area contributed by atoms with Gasteiger partial charge in [0.2, 0.25) is 0 Å². The van der Waals surface area contributed by atoms with Gasteiger partial charge in [-0.15, -0.1) is 0 Å². The molecular formula is C14H14N2O2. The third-order valence-corrected chi connectivity index (χ3v) is 2.54. The fourth-order valence-electron chi connectivity index (χ4n) is 1.57. The summed E-state index contributed by atoms with van der Waals surface area (Å²) in [5.41, 5.74) is 7.43. The molecule has 1 amide bonds. The predicted octanol–water partition coefficient (Wildman–Crippen LogP) is 2.53. The first-order valence-electron chi connectivity index (χ1n) is 5.50. The Bertz CT molecular complexity index is 567. The van der Waals surface area contributed by atoms with E-state index in [4.69, 9.17) is 10.5 Å². The van der Waals surface area contributed by atoms with Gasteiger partial charge in [-0.3, -0.25) is 4.79 Å². The van der Waals surface area contributed by atoms with E-state index in [0.717, 1.165) is 0 Å². The summed E-state index contributed by atoms with van der Waals surface area (Å²) in [6, 6.07) is 14.1. The second kappa shape index (κ2) is 5.23. The molecule has 2 aromatic rings. The van der Waals surface area contributed by atoms with E-state index < -0.39 is 0 Å². The first kappa shape index (κ1) is 12.0. The van der Waals surface area contributed by atoms with Crippen LogP contribution in [-0.2, 0) is 0 Å². The topological polar surface area (TPSA) is 64.3 Å². The maximum Gasteiger partial charge on any atom is 0.255 e. The van der Waals surface area contributed by atoms with Gasteiger partial charge in [-0.2, -0.15) is 0 Å². The van der Waals surface area contributed by atoms with Gasteiger partial charge < -0.3 is 15.8 Å². The molecule has 0 saturated carbocycles. The number of nitrogens with two attached hydrogens (primary N) is 1. The Morgan fingerprint density at radius 3 is 2.67 bits per heavy atom. The van der Waals surface area contributed by atoms with Gasteiger partial charge in [-0.25, -0.2) is 0 Å². The monoisotopic (exact) mass is 242 g/mol. The molecule has 0 aliphatic carbocycles. The minimum Gasteiger partial charge on any atom is -0.497 e. The second-order valence-corrected chi connectivity index (χ2v) is 3.77. The highest BCUT2D eigenvalue weighted by Crippen LogP contribution is 2.19. The number of benzene rings is 2. The molecule has 0 unspecified atom stereocenters. The number of nitrogens with one attached hydrogen (secondary N) is 1.